The number of fused-ring (bicyclic) bond motifs is 1. The highest BCUT2D eigenvalue weighted by molar-refractivity contribution is 6.24. The second kappa shape index (κ2) is 7.43. The average molecular weight is 375 g/mol. The topological polar surface area (TPSA) is 119 Å². The normalized spacial score (nSPS) is 20.1. The first-order valence-electron chi connectivity index (χ1n) is 8.87. The molecular formula is C18H21N3O6. The fourth-order valence-electron chi connectivity index (χ4n) is 3.53. The second-order valence-electron chi connectivity index (χ2n) is 7.01. The summed E-state index contributed by atoms with van der Waals surface area (Å²) in [6, 6.07) is 2.84. The number of hydrogen-bond acceptors (Lipinski definition) is 6. The minimum absolute atomic E-state index is 0.0493. The molecule has 2 heterocycles. The Bertz CT molecular complexity index is 800. The Morgan fingerprint density at radius 2 is 2.11 bits per heavy atom. The summed E-state index contributed by atoms with van der Waals surface area (Å²) in [6.45, 7) is 4.38. The summed E-state index contributed by atoms with van der Waals surface area (Å²) in [5, 5.41) is 14.0. The molecule has 1 saturated heterocycles. The lowest BCUT2D eigenvalue weighted by Crippen LogP contribution is -2.53. The molecule has 0 unspecified atom stereocenters. The molecule has 2 atom stereocenters. The van der Waals surface area contributed by atoms with Crippen molar-refractivity contribution >= 4 is 23.4 Å². The van der Waals surface area contributed by atoms with Crippen molar-refractivity contribution in [2.45, 2.75) is 38.8 Å². The number of nitro groups is 1. The van der Waals surface area contributed by atoms with Gasteiger partial charge < -0.3 is 10.1 Å². The van der Waals surface area contributed by atoms with Crippen molar-refractivity contribution in [1.29, 1.82) is 0 Å². The molecule has 3 amide bonds. The van der Waals surface area contributed by atoms with Gasteiger partial charge in [0.25, 0.3) is 17.5 Å². The molecule has 9 heteroatoms. The monoisotopic (exact) mass is 375 g/mol. The number of nitrogens with zero attached hydrogens (tertiary/aromatic N) is 2. The molecule has 0 aromatic heterocycles. The zero-order valence-electron chi connectivity index (χ0n) is 15.1. The van der Waals surface area contributed by atoms with E-state index in [4.69, 9.17) is 4.74 Å². The number of imide groups is 1. The van der Waals surface area contributed by atoms with Crippen molar-refractivity contribution < 1.29 is 24.0 Å². The molecule has 2 aliphatic rings. The van der Waals surface area contributed by atoms with Gasteiger partial charge in [0.2, 0.25) is 5.91 Å². The number of benzene rings is 1. The van der Waals surface area contributed by atoms with E-state index in [2.05, 4.69) is 5.32 Å². The fourth-order valence-corrected chi connectivity index (χ4v) is 3.53. The van der Waals surface area contributed by atoms with Crippen LogP contribution in [0.2, 0.25) is 0 Å². The van der Waals surface area contributed by atoms with Crippen molar-refractivity contribution in [3.63, 3.8) is 0 Å². The number of carbonyl (C=O) groups excluding carboxylic acids is 3. The zero-order chi connectivity index (χ0) is 19.7. The van der Waals surface area contributed by atoms with Gasteiger partial charge in [0.15, 0.2) is 0 Å². The predicted molar refractivity (Wildman–Crippen MR) is 94.2 cm³/mol. The summed E-state index contributed by atoms with van der Waals surface area (Å²) in [6.07, 6.45) is 1.69. The SMILES string of the molecule is CC(C)[C@H](C(=O)NC[C@@H]1CCCO1)N1C(=O)c2cccc([N+](=O)[O-])c2C1=O. The van der Waals surface area contributed by atoms with Crippen LogP contribution in [0.1, 0.15) is 47.4 Å². The standard InChI is InChI=1S/C18H21N3O6/c1-10(2)15(16(22)19-9-11-5-4-8-27-11)20-17(23)12-6-3-7-13(21(25)26)14(12)18(20)24/h3,6-7,10-11,15H,4-5,8-9H2,1-2H3,(H,19,22)/t11-,15+/m0/s1. The number of nitrogens with one attached hydrogen (secondary N) is 1. The van der Waals surface area contributed by atoms with Gasteiger partial charge in [-0.05, 0) is 24.8 Å². The fraction of sp³-hybridized carbons (Fsp3) is 0.500. The van der Waals surface area contributed by atoms with Crippen LogP contribution in [0, 0.1) is 16.0 Å². The number of nitro benzene ring substituents is 1. The van der Waals surface area contributed by atoms with Gasteiger partial charge in [-0.3, -0.25) is 29.4 Å². The molecular weight excluding hydrogens is 354 g/mol. The largest absolute Gasteiger partial charge is 0.376 e. The van der Waals surface area contributed by atoms with Gasteiger partial charge in [-0.1, -0.05) is 19.9 Å². The number of amides is 3. The summed E-state index contributed by atoms with van der Waals surface area (Å²) in [5.74, 6) is -2.34. The van der Waals surface area contributed by atoms with Crippen LogP contribution in [0.4, 0.5) is 5.69 Å². The molecule has 1 aromatic rings. The van der Waals surface area contributed by atoms with E-state index in [1.165, 1.54) is 18.2 Å². The highest BCUT2D eigenvalue weighted by Gasteiger charge is 2.47. The summed E-state index contributed by atoms with van der Waals surface area (Å²) in [4.78, 5) is 49.7. The molecule has 9 nitrogen and oxygen atoms in total. The van der Waals surface area contributed by atoms with Crippen LogP contribution in [0.15, 0.2) is 18.2 Å². The molecule has 3 rings (SSSR count). The molecule has 0 bridgehead atoms. The van der Waals surface area contributed by atoms with E-state index in [1.54, 1.807) is 13.8 Å². The van der Waals surface area contributed by atoms with Gasteiger partial charge in [-0.25, -0.2) is 0 Å². The van der Waals surface area contributed by atoms with Gasteiger partial charge in [0, 0.05) is 19.2 Å². The van der Waals surface area contributed by atoms with Gasteiger partial charge >= 0.3 is 0 Å². The molecule has 0 saturated carbocycles. The van der Waals surface area contributed by atoms with Crippen LogP contribution < -0.4 is 5.32 Å². The zero-order valence-corrected chi connectivity index (χ0v) is 15.1. The van der Waals surface area contributed by atoms with E-state index in [0.717, 1.165) is 17.7 Å². The van der Waals surface area contributed by atoms with Gasteiger partial charge in [0.05, 0.1) is 16.6 Å². The van der Waals surface area contributed by atoms with Crippen LogP contribution in [0.3, 0.4) is 0 Å². The van der Waals surface area contributed by atoms with E-state index in [-0.39, 0.29) is 23.1 Å². The third-order valence-corrected chi connectivity index (χ3v) is 4.83. The first kappa shape index (κ1) is 19.0. The maximum atomic E-state index is 12.8. The number of ether oxygens (including phenoxy) is 1. The summed E-state index contributed by atoms with van der Waals surface area (Å²) in [7, 11) is 0. The Morgan fingerprint density at radius 3 is 2.70 bits per heavy atom. The third kappa shape index (κ3) is 3.42. The quantitative estimate of drug-likeness (QED) is 0.457. The Balaban J connectivity index is 1.86. The minimum Gasteiger partial charge on any atom is -0.376 e. The molecule has 2 aliphatic heterocycles. The molecule has 144 valence electrons. The van der Waals surface area contributed by atoms with Gasteiger partial charge in [-0.2, -0.15) is 0 Å². The van der Waals surface area contributed by atoms with Gasteiger partial charge in [0.1, 0.15) is 11.6 Å². The lowest BCUT2D eigenvalue weighted by Gasteiger charge is -2.28. The first-order chi connectivity index (χ1) is 12.8. The van der Waals surface area contributed by atoms with Crippen molar-refractivity contribution in [3.05, 3.63) is 39.4 Å². The Hall–Kier alpha value is -2.81. The van der Waals surface area contributed by atoms with Crippen LogP contribution in [0.25, 0.3) is 0 Å². The van der Waals surface area contributed by atoms with Crippen LogP contribution in [-0.2, 0) is 9.53 Å². The van der Waals surface area contributed by atoms with Crippen molar-refractivity contribution in [2.75, 3.05) is 13.2 Å². The lowest BCUT2D eigenvalue weighted by atomic mass is 10.0. The van der Waals surface area contributed by atoms with E-state index in [1.807, 2.05) is 0 Å². The Kier molecular flexibility index (Phi) is 5.22. The van der Waals surface area contributed by atoms with Crippen molar-refractivity contribution in [2.24, 2.45) is 5.92 Å². The highest BCUT2D eigenvalue weighted by Crippen LogP contribution is 2.33. The first-order valence-corrected chi connectivity index (χ1v) is 8.87. The highest BCUT2D eigenvalue weighted by atomic mass is 16.6. The molecule has 0 spiro atoms. The lowest BCUT2D eigenvalue weighted by molar-refractivity contribution is -0.385. The van der Waals surface area contributed by atoms with Crippen LogP contribution >= 0.6 is 0 Å². The van der Waals surface area contributed by atoms with Crippen molar-refractivity contribution in [1.82, 2.24) is 10.2 Å². The van der Waals surface area contributed by atoms with Crippen LogP contribution in [0.5, 0.6) is 0 Å². The van der Waals surface area contributed by atoms with Crippen molar-refractivity contribution in [3.8, 4) is 0 Å². The minimum atomic E-state index is -1.06. The number of rotatable bonds is 6. The Morgan fingerprint density at radius 1 is 1.37 bits per heavy atom. The molecule has 1 aromatic carbocycles. The summed E-state index contributed by atoms with van der Waals surface area (Å²) >= 11 is 0. The van der Waals surface area contributed by atoms with E-state index in [9.17, 15) is 24.5 Å². The average Bonchev–Trinajstić information content (AvgIpc) is 3.22. The predicted octanol–water partition coefficient (Wildman–Crippen LogP) is 1.51. The van der Waals surface area contributed by atoms with E-state index < -0.39 is 34.4 Å². The summed E-state index contributed by atoms with van der Waals surface area (Å²) in [5.41, 5.74) is -0.743. The molecule has 0 aliphatic carbocycles. The third-order valence-electron chi connectivity index (χ3n) is 4.83. The molecule has 27 heavy (non-hydrogen) atoms. The smallest absolute Gasteiger partial charge is 0.282 e. The maximum Gasteiger partial charge on any atom is 0.282 e. The number of hydrogen-bond donors (Lipinski definition) is 1. The summed E-state index contributed by atoms with van der Waals surface area (Å²) < 4.78 is 5.47. The van der Waals surface area contributed by atoms with Crippen LogP contribution in [-0.4, -0.2) is 52.8 Å². The molecule has 0 radical (unpaired) electrons. The second-order valence-corrected chi connectivity index (χ2v) is 7.01. The molecule has 1 fully saturated rings. The van der Waals surface area contributed by atoms with E-state index in [0.29, 0.717) is 13.2 Å². The van der Waals surface area contributed by atoms with E-state index >= 15 is 0 Å². The van der Waals surface area contributed by atoms with Gasteiger partial charge in [-0.15, -0.1) is 0 Å². The maximum absolute atomic E-state index is 12.8. The molecule has 1 N–H and O–H groups in total. The number of carbonyl (C=O) groups is 3. The Labute approximate surface area is 155 Å².